The predicted molar refractivity (Wildman–Crippen MR) is 122 cm³/mol. The minimum Gasteiger partial charge on any atom is -0.389 e. The number of guanidine groups is 1. The molecule has 0 aliphatic carbocycles. The third kappa shape index (κ3) is 9.74. The van der Waals surface area contributed by atoms with Gasteiger partial charge in [-0.15, -0.1) is 24.0 Å². The zero-order valence-electron chi connectivity index (χ0n) is 16.0. The zero-order valence-corrected chi connectivity index (χ0v) is 18.4. The van der Waals surface area contributed by atoms with E-state index in [1.54, 1.807) is 0 Å². The van der Waals surface area contributed by atoms with E-state index in [9.17, 15) is 5.11 Å². The van der Waals surface area contributed by atoms with Gasteiger partial charge >= 0.3 is 0 Å². The van der Waals surface area contributed by atoms with Gasteiger partial charge in [0.15, 0.2) is 5.96 Å². The van der Waals surface area contributed by atoms with Gasteiger partial charge in [0.05, 0.1) is 25.9 Å². The molecule has 2 aromatic rings. The monoisotopic (exact) mass is 483 g/mol. The summed E-state index contributed by atoms with van der Waals surface area (Å²) in [6.45, 7) is 6.61. The molecular formula is C21H30IN3O2. The number of nitrogens with zero attached hydrogens (tertiary/aromatic N) is 1. The van der Waals surface area contributed by atoms with Gasteiger partial charge < -0.3 is 20.5 Å². The van der Waals surface area contributed by atoms with Crippen LogP contribution in [-0.2, 0) is 17.9 Å². The molecule has 2 aromatic carbocycles. The highest BCUT2D eigenvalue weighted by Gasteiger charge is 2.06. The van der Waals surface area contributed by atoms with E-state index >= 15 is 0 Å². The lowest BCUT2D eigenvalue weighted by atomic mass is 10.1. The Hall–Kier alpha value is -1.64. The van der Waals surface area contributed by atoms with Crippen molar-refractivity contribution in [1.29, 1.82) is 0 Å². The molecule has 0 aliphatic heterocycles. The number of benzene rings is 2. The Labute approximate surface area is 179 Å². The van der Waals surface area contributed by atoms with Crippen LogP contribution in [0.4, 0.5) is 0 Å². The number of ether oxygens (including phenoxy) is 1. The minimum atomic E-state index is -0.596. The third-order valence-corrected chi connectivity index (χ3v) is 3.77. The summed E-state index contributed by atoms with van der Waals surface area (Å²) < 4.78 is 5.57. The van der Waals surface area contributed by atoms with Gasteiger partial charge in [0, 0.05) is 13.1 Å². The van der Waals surface area contributed by atoms with E-state index in [-0.39, 0.29) is 30.6 Å². The van der Waals surface area contributed by atoms with Crippen molar-refractivity contribution in [3.05, 3.63) is 71.3 Å². The fourth-order valence-electron chi connectivity index (χ4n) is 2.48. The van der Waals surface area contributed by atoms with Crippen molar-refractivity contribution in [2.45, 2.75) is 33.1 Å². The average molecular weight is 483 g/mol. The van der Waals surface area contributed by atoms with Crippen LogP contribution in [0.5, 0.6) is 0 Å². The van der Waals surface area contributed by atoms with Crippen molar-refractivity contribution < 1.29 is 9.84 Å². The molecule has 27 heavy (non-hydrogen) atoms. The highest BCUT2D eigenvalue weighted by atomic mass is 127. The van der Waals surface area contributed by atoms with Crippen LogP contribution in [0.3, 0.4) is 0 Å². The largest absolute Gasteiger partial charge is 0.389 e. The molecule has 0 aromatic heterocycles. The predicted octanol–water partition coefficient (Wildman–Crippen LogP) is 3.25. The molecule has 2 rings (SSSR count). The van der Waals surface area contributed by atoms with Gasteiger partial charge in [0.25, 0.3) is 0 Å². The van der Waals surface area contributed by atoms with Crippen molar-refractivity contribution in [1.82, 2.24) is 10.6 Å². The van der Waals surface area contributed by atoms with Gasteiger partial charge in [-0.1, -0.05) is 60.2 Å². The summed E-state index contributed by atoms with van der Waals surface area (Å²) in [7, 11) is 0. The van der Waals surface area contributed by atoms with Crippen molar-refractivity contribution in [2.75, 3.05) is 19.7 Å². The lowest BCUT2D eigenvalue weighted by Crippen LogP contribution is -2.42. The fourth-order valence-corrected chi connectivity index (χ4v) is 2.48. The van der Waals surface area contributed by atoms with E-state index in [1.165, 1.54) is 5.56 Å². The molecule has 148 valence electrons. The van der Waals surface area contributed by atoms with Crippen molar-refractivity contribution in [3.8, 4) is 0 Å². The average Bonchev–Trinajstić information content (AvgIpc) is 2.65. The quantitative estimate of drug-likeness (QED) is 0.291. The third-order valence-electron chi connectivity index (χ3n) is 3.77. The number of hydrogen-bond donors (Lipinski definition) is 3. The first kappa shape index (κ1) is 23.4. The second kappa shape index (κ2) is 13.5. The van der Waals surface area contributed by atoms with Gasteiger partial charge in [-0.2, -0.15) is 0 Å². The molecule has 0 aliphatic rings. The SMILES string of the molecule is CCNC(=NCc1cccc(C)c1)NCC(O)COCc1ccccc1.I. The highest BCUT2D eigenvalue weighted by Crippen LogP contribution is 2.05. The standard InChI is InChI=1S/C21H29N3O2.HI/c1-3-22-21(23-13-19-11-7-8-17(2)12-19)24-14-20(25)16-26-15-18-9-5-4-6-10-18;/h4-12,20,25H,3,13-16H2,1-2H3,(H2,22,23,24);1H. The van der Waals surface area contributed by atoms with Crippen LogP contribution in [0.25, 0.3) is 0 Å². The number of hydrogen-bond acceptors (Lipinski definition) is 3. The maximum Gasteiger partial charge on any atom is 0.191 e. The molecule has 0 spiro atoms. The van der Waals surface area contributed by atoms with E-state index in [1.807, 2.05) is 43.3 Å². The lowest BCUT2D eigenvalue weighted by Gasteiger charge is -2.15. The molecule has 0 radical (unpaired) electrons. The molecule has 3 N–H and O–H groups in total. The topological polar surface area (TPSA) is 65.9 Å². The van der Waals surface area contributed by atoms with Crippen LogP contribution in [0.2, 0.25) is 0 Å². The highest BCUT2D eigenvalue weighted by molar-refractivity contribution is 14.0. The maximum absolute atomic E-state index is 10.1. The second-order valence-corrected chi connectivity index (χ2v) is 6.22. The number of aliphatic imine (C=N–C) groups is 1. The molecule has 0 saturated carbocycles. The molecule has 1 unspecified atom stereocenters. The summed E-state index contributed by atoms with van der Waals surface area (Å²) in [5.41, 5.74) is 3.48. The molecule has 6 heteroatoms. The summed E-state index contributed by atoms with van der Waals surface area (Å²) in [4.78, 5) is 4.57. The van der Waals surface area contributed by atoms with Crippen LogP contribution < -0.4 is 10.6 Å². The zero-order chi connectivity index (χ0) is 18.6. The number of aliphatic hydroxyl groups is 1. The van der Waals surface area contributed by atoms with E-state index in [0.29, 0.717) is 25.7 Å². The summed E-state index contributed by atoms with van der Waals surface area (Å²) >= 11 is 0. The molecule has 0 saturated heterocycles. The molecule has 0 heterocycles. The van der Waals surface area contributed by atoms with Gasteiger partial charge in [-0.3, -0.25) is 0 Å². The molecular weight excluding hydrogens is 453 g/mol. The Morgan fingerprint density at radius 3 is 2.52 bits per heavy atom. The van der Waals surface area contributed by atoms with Crippen molar-refractivity contribution >= 4 is 29.9 Å². The first-order valence-electron chi connectivity index (χ1n) is 9.05. The normalized spacial score (nSPS) is 12.2. The van der Waals surface area contributed by atoms with Gasteiger partial charge in [0.2, 0.25) is 0 Å². The van der Waals surface area contributed by atoms with E-state index in [4.69, 9.17) is 4.74 Å². The molecule has 5 nitrogen and oxygen atoms in total. The van der Waals surface area contributed by atoms with Gasteiger partial charge in [-0.05, 0) is 25.0 Å². The number of rotatable bonds is 9. The van der Waals surface area contributed by atoms with Crippen LogP contribution in [0, 0.1) is 6.92 Å². The number of aryl methyl sites for hydroxylation is 1. The van der Waals surface area contributed by atoms with Crippen molar-refractivity contribution in [3.63, 3.8) is 0 Å². The Kier molecular flexibility index (Phi) is 11.7. The van der Waals surface area contributed by atoms with E-state index in [2.05, 4.69) is 40.7 Å². The summed E-state index contributed by atoms with van der Waals surface area (Å²) in [5.74, 6) is 0.691. The van der Waals surface area contributed by atoms with Crippen LogP contribution in [-0.4, -0.2) is 36.9 Å². The molecule has 0 amide bonds. The fraction of sp³-hybridized carbons (Fsp3) is 0.381. The molecule has 0 bridgehead atoms. The van der Waals surface area contributed by atoms with Crippen LogP contribution in [0.15, 0.2) is 59.6 Å². The Bertz CT molecular complexity index is 680. The number of nitrogens with one attached hydrogen (secondary N) is 2. The Morgan fingerprint density at radius 2 is 1.81 bits per heavy atom. The molecule has 0 fully saturated rings. The van der Waals surface area contributed by atoms with E-state index in [0.717, 1.165) is 17.7 Å². The van der Waals surface area contributed by atoms with Crippen molar-refractivity contribution in [2.24, 2.45) is 4.99 Å². The minimum absolute atomic E-state index is 0. The first-order valence-corrected chi connectivity index (χ1v) is 9.05. The Morgan fingerprint density at radius 1 is 1.07 bits per heavy atom. The smallest absolute Gasteiger partial charge is 0.191 e. The van der Waals surface area contributed by atoms with Crippen LogP contribution in [0.1, 0.15) is 23.6 Å². The van der Waals surface area contributed by atoms with Gasteiger partial charge in [-0.25, -0.2) is 4.99 Å². The molecule has 1 atom stereocenters. The maximum atomic E-state index is 10.1. The summed E-state index contributed by atoms with van der Waals surface area (Å²) in [6.07, 6.45) is -0.596. The number of aliphatic hydroxyl groups excluding tert-OH is 1. The van der Waals surface area contributed by atoms with Crippen LogP contribution >= 0.6 is 24.0 Å². The number of halogens is 1. The Balaban J connectivity index is 0.00000364. The second-order valence-electron chi connectivity index (χ2n) is 6.22. The summed E-state index contributed by atoms with van der Waals surface area (Å²) in [6, 6.07) is 18.2. The first-order chi connectivity index (χ1) is 12.7. The lowest BCUT2D eigenvalue weighted by molar-refractivity contribution is 0.0308. The van der Waals surface area contributed by atoms with E-state index < -0.39 is 6.10 Å². The van der Waals surface area contributed by atoms with Gasteiger partial charge in [0.1, 0.15) is 0 Å². The summed E-state index contributed by atoms with van der Waals surface area (Å²) in [5, 5.41) is 16.5.